The fourth-order valence-electron chi connectivity index (χ4n) is 4.12. The molecule has 4 rings (SSSR count). The SMILES string of the molecule is O=C(CN[C@@H](c1ccccc1)c1ccco1)N1CCC(Cc2ccccc2)CC1. The van der Waals surface area contributed by atoms with Crippen molar-refractivity contribution in [1.29, 1.82) is 0 Å². The Labute approximate surface area is 172 Å². The predicted octanol–water partition coefficient (Wildman–Crippen LogP) is 4.44. The minimum absolute atomic E-state index is 0.120. The molecule has 2 heterocycles. The van der Waals surface area contributed by atoms with Gasteiger partial charge in [0.1, 0.15) is 5.76 Å². The van der Waals surface area contributed by atoms with Crippen LogP contribution in [0.2, 0.25) is 0 Å². The Kier molecular flexibility index (Phi) is 6.42. The number of amides is 1. The maximum Gasteiger partial charge on any atom is 0.236 e. The van der Waals surface area contributed by atoms with Gasteiger partial charge in [-0.3, -0.25) is 10.1 Å². The van der Waals surface area contributed by atoms with Crippen molar-refractivity contribution in [2.75, 3.05) is 19.6 Å². The van der Waals surface area contributed by atoms with Gasteiger partial charge in [-0.05, 0) is 48.4 Å². The van der Waals surface area contributed by atoms with Crippen LogP contribution in [0.5, 0.6) is 0 Å². The number of piperidine rings is 1. The normalized spacial score (nSPS) is 15.9. The summed E-state index contributed by atoms with van der Waals surface area (Å²) in [4.78, 5) is 14.8. The fraction of sp³-hybridized carbons (Fsp3) is 0.320. The molecule has 0 bridgehead atoms. The van der Waals surface area contributed by atoms with Gasteiger partial charge in [0.05, 0.1) is 18.8 Å². The largest absolute Gasteiger partial charge is 0.467 e. The summed E-state index contributed by atoms with van der Waals surface area (Å²) in [5.74, 6) is 1.65. The molecule has 1 amide bonds. The van der Waals surface area contributed by atoms with E-state index >= 15 is 0 Å². The van der Waals surface area contributed by atoms with Crippen LogP contribution >= 0.6 is 0 Å². The number of nitrogens with zero attached hydrogens (tertiary/aromatic N) is 1. The number of hydrogen-bond donors (Lipinski definition) is 1. The molecular formula is C25H28N2O2. The topological polar surface area (TPSA) is 45.5 Å². The summed E-state index contributed by atoms with van der Waals surface area (Å²) in [7, 11) is 0. The quantitative estimate of drug-likeness (QED) is 0.651. The number of nitrogens with one attached hydrogen (secondary N) is 1. The fourth-order valence-corrected chi connectivity index (χ4v) is 4.12. The molecule has 1 aliphatic rings. The Bertz CT molecular complexity index is 870. The first-order valence-corrected chi connectivity index (χ1v) is 10.4. The van der Waals surface area contributed by atoms with Crippen molar-refractivity contribution >= 4 is 5.91 Å². The van der Waals surface area contributed by atoms with Gasteiger partial charge in [0.15, 0.2) is 0 Å². The van der Waals surface area contributed by atoms with E-state index in [1.54, 1.807) is 6.26 Å². The summed E-state index contributed by atoms with van der Waals surface area (Å²) in [5, 5.41) is 3.40. The molecule has 0 aliphatic carbocycles. The molecule has 4 heteroatoms. The average molecular weight is 389 g/mol. The van der Waals surface area contributed by atoms with Crippen molar-refractivity contribution in [1.82, 2.24) is 10.2 Å². The Hall–Kier alpha value is -2.85. The van der Waals surface area contributed by atoms with Crippen LogP contribution in [0.15, 0.2) is 83.5 Å². The van der Waals surface area contributed by atoms with Gasteiger partial charge in [-0.25, -0.2) is 0 Å². The molecule has 1 saturated heterocycles. The van der Waals surface area contributed by atoms with E-state index in [0.717, 1.165) is 43.7 Å². The Morgan fingerprint density at radius 1 is 0.966 bits per heavy atom. The zero-order chi connectivity index (χ0) is 19.9. The Balaban J connectivity index is 1.30. The van der Waals surface area contributed by atoms with E-state index in [1.165, 1.54) is 5.56 Å². The van der Waals surface area contributed by atoms with Crippen molar-refractivity contribution in [3.05, 3.63) is 95.9 Å². The van der Waals surface area contributed by atoms with Gasteiger partial charge in [0, 0.05) is 13.1 Å². The molecule has 4 nitrogen and oxygen atoms in total. The molecule has 0 radical (unpaired) electrons. The Morgan fingerprint density at radius 2 is 1.66 bits per heavy atom. The highest BCUT2D eigenvalue weighted by molar-refractivity contribution is 5.78. The van der Waals surface area contributed by atoms with Crippen molar-refractivity contribution < 1.29 is 9.21 Å². The average Bonchev–Trinajstić information content (AvgIpc) is 3.30. The summed E-state index contributed by atoms with van der Waals surface area (Å²) in [6.07, 6.45) is 4.92. The summed E-state index contributed by atoms with van der Waals surface area (Å²) >= 11 is 0. The first-order chi connectivity index (χ1) is 14.3. The lowest BCUT2D eigenvalue weighted by Crippen LogP contribution is -2.43. The minimum atomic E-state index is -0.120. The van der Waals surface area contributed by atoms with E-state index in [2.05, 4.69) is 47.8 Å². The standard InChI is InChI=1S/C25H28N2O2/c28-24(27-15-13-21(14-16-27)18-20-8-3-1-4-9-20)19-26-25(23-12-7-17-29-23)22-10-5-2-6-11-22/h1-12,17,21,25-26H,13-16,18-19H2/t25-/m0/s1. The molecule has 1 N–H and O–H groups in total. The molecule has 2 aromatic carbocycles. The summed E-state index contributed by atoms with van der Waals surface area (Å²) in [6, 6.07) is 24.5. The second-order valence-electron chi connectivity index (χ2n) is 7.75. The van der Waals surface area contributed by atoms with Crippen LogP contribution in [0.4, 0.5) is 0 Å². The molecule has 0 saturated carbocycles. The first-order valence-electron chi connectivity index (χ1n) is 10.4. The van der Waals surface area contributed by atoms with Crippen molar-refractivity contribution in [2.24, 2.45) is 5.92 Å². The Morgan fingerprint density at radius 3 is 2.31 bits per heavy atom. The second-order valence-corrected chi connectivity index (χ2v) is 7.75. The predicted molar refractivity (Wildman–Crippen MR) is 114 cm³/mol. The third-order valence-corrected chi connectivity index (χ3v) is 5.75. The summed E-state index contributed by atoms with van der Waals surface area (Å²) in [5.41, 5.74) is 2.49. The highest BCUT2D eigenvalue weighted by atomic mass is 16.3. The van der Waals surface area contributed by atoms with Gasteiger partial charge in [-0.2, -0.15) is 0 Å². The molecule has 1 atom stereocenters. The molecular weight excluding hydrogens is 360 g/mol. The van der Waals surface area contributed by atoms with Gasteiger partial charge in [0.25, 0.3) is 0 Å². The van der Waals surface area contributed by atoms with E-state index in [1.807, 2.05) is 35.2 Å². The minimum Gasteiger partial charge on any atom is -0.467 e. The van der Waals surface area contributed by atoms with Gasteiger partial charge >= 0.3 is 0 Å². The molecule has 0 unspecified atom stereocenters. The van der Waals surface area contributed by atoms with E-state index in [9.17, 15) is 4.79 Å². The maximum absolute atomic E-state index is 12.8. The molecule has 1 fully saturated rings. The number of hydrogen-bond acceptors (Lipinski definition) is 3. The number of likely N-dealkylation sites (tertiary alicyclic amines) is 1. The molecule has 1 aliphatic heterocycles. The molecule has 3 aromatic rings. The third-order valence-electron chi connectivity index (χ3n) is 5.75. The maximum atomic E-state index is 12.8. The number of rotatable bonds is 7. The van der Waals surface area contributed by atoms with E-state index in [-0.39, 0.29) is 11.9 Å². The van der Waals surface area contributed by atoms with Crippen LogP contribution in [0.1, 0.15) is 35.8 Å². The first kappa shape index (κ1) is 19.5. The lowest BCUT2D eigenvalue weighted by molar-refractivity contribution is -0.131. The number of benzene rings is 2. The lowest BCUT2D eigenvalue weighted by Gasteiger charge is -2.32. The number of carbonyl (C=O) groups is 1. The van der Waals surface area contributed by atoms with Gasteiger partial charge < -0.3 is 9.32 Å². The molecule has 0 spiro atoms. The van der Waals surface area contributed by atoms with Gasteiger partial charge in [-0.1, -0.05) is 60.7 Å². The van der Waals surface area contributed by atoms with Gasteiger partial charge in [-0.15, -0.1) is 0 Å². The smallest absolute Gasteiger partial charge is 0.236 e. The molecule has 1 aromatic heterocycles. The van der Waals surface area contributed by atoms with Crippen LogP contribution in [0.3, 0.4) is 0 Å². The molecule has 150 valence electrons. The lowest BCUT2D eigenvalue weighted by atomic mass is 9.90. The van der Waals surface area contributed by atoms with E-state index < -0.39 is 0 Å². The number of carbonyl (C=O) groups excluding carboxylic acids is 1. The van der Waals surface area contributed by atoms with Crippen molar-refractivity contribution in [3.8, 4) is 0 Å². The van der Waals surface area contributed by atoms with Crippen LogP contribution in [0.25, 0.3) is 0 Å². The van der Waals surface area contributed by atoms with Crippen LogP contribution in [0, 0.1) is 5.92 Å². The highest BCUT2D eigenvalue weighted by Gasteiger charge is 2.24. The second kappa shape index (κ2) is 9.57. The van der Waals surface area contributed by atoms with E-state index in [0.29, 0.717) is 12.5 Å². The molecule has 29 heavy (non-hydrogen) atoms. The summed E-state index contributed by atoms with van der Waals surface area (Å²) < 4.78 is 5.61. The van der Waals surface area contributed by atoms with Crippen molar-refractivity contribution in [2.45, 2.75) is 25.3 Å². The van der Waals surface area contributed by atoms with Crippen LogP contribution < -0.4 is 5.32 Å². The van der Waals surface area contributed by atoms with Crippen LogP contribution in [-0.2, 0) is 11.2 Å². The summed E-state index contributed by atoms with van der Waals surface area (Å²) in [6.45, 7) is 1.99. The zero-order valence-corrected chi connectivity index (χ0v) is 16.7. The highest BCUT2D eigenvalue weighted by Crippen LogP contribution is 2.24. The van der Waals surface area contributed by atoms with Crippen molar-refractivity contribution in [3.63, 3.8) is 0 Å². The number of furan rings is 1. The third kappa shape index (κ3) is 5.15. The zero-order valence-electron chi connectivity index (χ0n) is 16.7. The van der Waals surface area contributed by atoms with Gasteiger partial charge in [0.2, 0.25) is 5.91 Å². The monoisotopic (exact) mass is 388 g/mol. The van der Waals surface area contributed by atoms with E-state index in [4.69, 9.17) is 4.42 Å². The van der Waals surface area contributed by atoms with Crippen LogP contribution in [-0.4, -0.2) is 30.4 Å².